The van der Waals surface area contributed by atoms with Crippen LogP contribution in [0.25, 0.3) is 0 Å². The van der Waals surface area contributed by atoms with Gasteiger partial charge in [-0.3, -0.25) is 9.59 Å². The Kier molecular flexibility index (Phi) is 19.6. The molecule has 0 aliphatic heterocycles. The number of benzene rings is 1. The molecule has 0 fully saturated rings. The minimum atomic E-state index is -0.448. The summed E-state index contributed by atoms with van der Waals surface area (Å²) in [5.41, 5.74) is 1.20. The molecule has 4 nitrogen and oxygen atoms in total. The van der Waals surface area contributed by atoms with Gasteiger partial charge in [0.1, 0.15) is 6.04 Å². The smallest absolute Gasteiger partial charge is 0.242 e. The lowest BCUT2D eigenvalue weighted by Gasteiger charge is -2.20. The SMILES string of the molecule is CCCCCCCC/C=C\CCCCCCCC(=O)NC(CC(C)C)C(=O)NCCc1ccccc1. The van der Waals surface area contributed by atoms with Crippen LogP contribution in [0.5, 0.6) is 0 Å². The largest absolute Gasteiger partial charge is 0.354 e. The first-order valence-corrected chi connectivity index (χ1v) is 14.8. The number of rotatable bonds is 22. The monoisotopic (exact) mass is 498 g/mol. The van der Waals surface area contributed by atoms with Crippen molar-refractivity contribution < 1.29 is 9.59 Å². The molecule has 2 amide bonds. The summed E-state index contributed by atoms with van der Waals surface area (Å²) < 4.78 is 0. The van der Waals surface area contributed by atoms with Crippen molar-refractivity contribution in [3.63, 3.8) is 0 Å². The van der Waals surface area contributed by atoms with E-state index in [1.807, 2.05) is 18.2 Å². The second kappa shape index (κ2) is 22.1. The van der Waals surface area contributed by atoms with E-state index in [4.69, 9.17) is 0 Å². The van der Waals surface area contributed by atoms with Gasteiger partial charge in [0.25, 0.3) is 0 Å². The van der Waals surface area contributed by atoms with Crippen LogP contribution in [0.2, 0.25) is 0 Å². The van der Waals surface area contributed by atoms with Gasteiger partial charge in [-0.15, -0.1) is 0 Å². The van der Waals surface area contributed by atoms with E-state index < -0.39 is 6.04 Å². The molecule has 0 bridgehead atoms. The van der Waals surface area contributed by atoms with Crippen LogP contribution in [-0.2, 0) is 16.0 Å². The minimum Gasteiger partial charge on any atom is -0.354 e. The van der Waals surface area contributed by atoms with Gasteiger partial charge in [-0.05, 0) is 56.4 Å². The van der Waals surface area contributed by atoms with Crippen molar-refractivity contribution in [3.8, 4) is 0 Å². The highest BCUT2D eigenvalue weighted by molar-refractivity contribution is 5.87. The van der Waals surface area contributed by atoms with Crippen molar-refractivity contribution in [2.75, 3.05) is 6.54 Å². The van der Waals surface area contributed by atoms with Crippen molar-refractivity contribution in [1.82, 2.24) is 10.6 Å². The molecular weight excluding hydrogens is 444 g/mol. The van der Waals surface area contributed by atoms with Gasteiger partial charge in [0.2, 0.25) is 11.8 Å². The summed E-state index contributed by atoms with van der Waals surface area (Å²) in [6.07, 6.45) is 22.9. The molecule has 204 valence electrons. The zero-order valence-corrected chi connectivity index (χ0v) is 23.5. The van der Waals surface area contributed by atoms with E-state index in [9.17, 15) is 9.59 Å². The Morgan fingerprint density at radius 2 is 1.39 bits per heavy atom. The van der Waals surface area contributed by atoms with E-state index >= 15 is 0 Å². The van der Waals surface area contributed by atoms with Crippen LogP contribution in [0.15, 0.2) is 42.5 Å². The third-order valence-corrected chi connectivity index (χ3v) is 6.58. The molecule has 0 saturated carbocycles. The number of hydrogen-bond donors (Lipinski definition) is 2. The van der Waals surface area contributed by atoms with E-state index in [-0.39, 0.29) is 11.8 Å². The molecule has 1 aromatic carbocycles. The fourth-order valence-electron chi connectivity index (χ4n) is 4.42. The van der Waals surface area contributed by atoms with Crippen LogP contribution < -0.4 is 10.6 Å². The summed E-state index contributed by atoms with van der Waals surface area (Å²) in [6, 6.07) is 9.69. The molecule has 0 heterocycles. The zero-order valence-electron chi connectivity index (χ0n) is 23.5. The lowest BCUT2D eigenvalue weighted by molar-refractivity contribution is -0.129. The maximum atomic E-state index is 12.7. The van der Waals surface area contributed by atoms with Crippen molar-refractivity contribution in [2.24, 2.45) is 5.92 Å². The molecule has 0 aromatic heterocycles. The van der Waals surface area contributed by atoms with Crippen molar-refractivity contribution >= 4 is 11.8 Å². The normalized spacial score (nSPS) is 12.2. The van der Waals surface area contributed by atoms with Crippen LogP contribution in [0, 0.1) is 5.92 Å². The van der Waals surface area contributed by atoms with E-state index in [1.54, 1.807) is 0 Å². The first-order valence-electron chi connectivity index (χ1n) is 14.8. The lowest BCUT2D eigenvalue weighted by atomic mass is 10.0. The first kappa shape index (κ1) is 31.9. The van der Waals surface area contributed by atoms with Crippen molar-refractivity contribution in [3.05, 3.63) is 48.0 Å². The van der Waals surface area contributed by atoms with Crippen molar-refractivity contribution in [1.29, 1.82) is 0 Å². The quantitative estimate of drug-likeness (QED) is 0.126. The molecule has 0 spiro atoms. The summed E-state index contributed by atoms with van der Waals surface area (Å²) >= 11 is 0. The molecule has 4 heteroatoms. The molecule has 1 atom stereocenters. The van der Waals surface area contributed by atoms with Gasteiger partial charge in [-0.1, -0.05) is 115 Å². The molecular formula is C32H54N2O2. The Balaban J connectivity index is 2.10. The predicted molar refractivity (Wildman–Crippen MR) is 154 cm³/mol. The molecule has 1 rings (SSSR count). The van der Waals surface area contributed by atoms with Gasteiger partial charge < -0.3 is 10.6 Å². The van der Waals surface area contributed by atoms with E-state index in [2.05, 4.69) is 55.7 Å². The minimum absolute atomic E-state index is 0.00325. The van der Waals surface area contributed by atoms with Gasteiger partial charge in [-0.2, -0.15) is 0 Å². The number of unbranched alkanes of at least 4 members (excludes halogenated alkanes) is 11. The predicted octanol–water partition coefficient (Wildman–Crippen LogP) is 7.91. The molecule has 1 aromatic rings. The Bertz CT molecular complexity index is 699. The molecule has 2 N–H and O–H groups in total. The molecule has 0 aliphatic rings. The van der Waals surface area contributed by atoms with E-state index in [0.717, 1.165) is 19.3 Å². The highest BCUT2D eigenvalue weighted by Crippen LogP contribution is 2.11. The van der Waals surface area contributed by atoms with Gasteiger partial charge >= 0.3 is 0 Å². The number of nitrogens with one attached hydrogen (secondary N) is 2. The number of hydrogen-bond acceptors (Lipinski definition) is 2. The van der Waals surface area contributed by atoms with Crippen LogP contribution in [0.3, 0.4) is 0 Å². The van der Waals surface area contributed by atoms with Gasteiger partial charge in [0.15, 0.2) is 0 Å². The lowest BCUT2D eigenvalue weighted by Crippen LogP contribution is -2.47. The third-order valence-electron chi connectivity index (χ3n) is 6.58. The maximum absolute atomic E-state index is 12.7. The zero-order chi connectivity index (χ0) is 26.3. The summed E-state index contributed by atoms with van der Waals surface area (Å²) in [4.78, 5) is 25.2. The van der Waals surface area contributed by atoms with Crippen LogP contribution in [0.1, 0.15) is 123 Å². The van der Waals surface area contributed by atoms with Crippen LogP contribution in [0.4, 0.5) is 0 Å². The summed E-state index contributed by atoms with van der Waals surface area (Å²) in [6.45, 7) is 7.02. The number of allylic oxidation sites excluding steroid dienone is 2. The second-order valence-corrected chi connectivity index (χ2v) is 10.6. The molecule has 0 aliphatic carbocycles. The molecule has 0 radical (unpaired) electrons. The third kappa shape index (κ3) is 18.2. The number of amides is 2. The average molecular weight is 499 g/mol. The first-order chi connectivity index (χ1) is 17.5. The van der Waals surface area contributed by atoms with Crippen LogP contribution in [-0.4, -0.2) is 24.4 Å². The van der Waals surface area contributed by atoms with Crippen LogP contribution >= 0.6 is 0 Å². The average Bonchev–Trinajstić information content (AvgIpc) is 2.86. The maximum Gasteiger partial charge on any atom is 0.242 e. The topological polar surface area (TPSA) is 58.2 Å². The standard InChI is InChI=1S/C32H54N2O2/c1-4-5-6-7-8-9-10-11-12-13-14-15-16-17-21-24-31(35)34-30(27-28(2)3)32(36)33-26-25-29-22-19-18-20-23-29/h11-12,18-20,22-23,28,30H,4-10,13-17,21,24-27H2,1-3H3,(H,33,36)(H,34,35)/b12-11-. The summed E-state index contributed by atoms with van der Waals surface area (Å²) in [7, 11) is 0. The summed E-state index contributed by atoms with van der Waals surface area (Å²) in [5, 5.41) is 5.99. The van der Waals surface area contributed by atoms with E-state index in [0.29, 0.717) is 25.3 Å². The molecule has 1 unspecified atom stereocenters. The summed E-state index contributed by atoms with van der Waals surface area (Å²) in [5.74, 6) is 0.268. The Labute approximate surface area is 222 Å². The van der Waals surface area contributed by atoms with Gasteiger partial charge in [0, 0.05) is 13.0 Å². The molecule has 36 heavy (non-hydrogen) atoms. The number of carbonyl (C=O) groups is 2. The Morgan fingerprint density at radius 3 is 2.00 bits per heavy atom. The Morgan fingerprint density at radius 1 is 0.806 bits per heavy atom. The van der Waals surface area contributed by atoms with Gasteiger partial charge in [0.05, 0.1) is 0 Å². The highest BCUT2D eigenvalue weighted by atomic mass is 16.2. The van der Waals surface area contributed by atoms with Crippen molar-refractivity contribution in [2.45, 2.75) is 130 Å². The van der Waals surface area contributed by atoms with Gasteiger partial charge in [-0.25, -0.2) is 0 Å². The highest BCUT2D eigenvalue weighted by Gasteiger charge is 2.21. The molecule has 0 saturated heterocycles. The fourth-order valence-corrected chi connectivity index (χ4v) is 4.42. The second-order valence-electron chi connectivity index (χ2n) is 10.6. The van der Waals surface area contributed by atoms with E-state index in [1.165, 1.54) is 76.2 Å². The number of carbonyl (C=O) groups excluding carboxylic acids is 2. The Hall–Kier alpha value is -2.10. The fraction of sp³-hybridized carbons (Fsp3) is 0.688.